The standard InChI is InChI=1S/C23H33NO2Si/c1-22(2,3)27(4,5)26-20-16-21(24-17-20)23(25,18-12-8-6-9-13-18)19-14-10-7-11-15-19/h6-15,20-21,24-25H,16-17H2,1-5H3/t20-,21+/m1/s1. The molecule has 1 saturated heterocycles. The average molecular weight is 384 g/mol. The van der Waals surface area contributed by atoms with Crippen molar-refractivity contribution in [3.63, 3.8) is 0 Å². The summed E-state index contributed by atoms with van der Waals surface area (Å²) >= 11 is 0. The third-order valence-electron chi connectivity index (χ3n) is 6.29. The Morgan fingerprint density at radius 2 is 1.41 bits per heavy atom. The SMILES string of the molecule is CC(C)(C)[Si](C)(C)O[C@H]1CN[C@H](C(O)(c2ccccc2)c2ccccc2)C1. The summed E-state index contributed by atoms with van der Waals surface area (Å²) < 4.78 is 6.63. The molecular weight excluding hydrogens is 350 g/mol. The van der Waals surface area contributed by atoms with Gasteiger partial charge in [-0.05, 0) is 35.7 Å². The second-order valence-electron chi connectivity index (χ2n) is 9.20. The zero-order chi connectivity index (χ0) is 19.7. The van der Waals surface area contributed by atoms with Gasteiger partial charge >= 0.3 is 0 Å². The van der Waals surface area contributed by atoms with Crippen LogP contribution in [0.2, 0.25) is 18.1 Å². The quantitative estimate of drug-likeness (QED) is 0.737. The Hall–Kier alpha value is -1.46. The van der Waals surface area contributed by atoms with Gasteiger partial charge in [-0.1, -0.05) is 81.4 Å². The lowest BCUT2D eigenvalue weighted by Gasteiger charge is -2.39. The van der Waals surface area contributed by atoms with Crippen LogP contribution < -0.4 is 5.32 Å². The predicted molar refractivity (Wildman–Crippen MR) is 114 cm³/mol. The molecule has 1 aliphatic heterocycles. The van der Waals surface area contributed by atoms with Crippen LogP contribution >= 0.6 is 0 Å². The van der Waals surface area contributed by atoms with E-state index >= 15 is 0 Å². The molecule has 0 aromatic heterocycles. The lowest BCUT2D eigenvalue weighted by Crippen LogP contribution is -2.46. The molecule has 0 saturated carbocycles. The van der Waals surface area contributed by atoms with Crippen LogP contribution in [0.5, 0.6) is 0 Å². The van der Waals surface area contributed by atoms with Gasteiger partial charge in [-0.15, -0.1) is 0 Å². The van der Waals surface area contributed by atoms with E-state index in [0.717, 1.165) is 24.1 Å². The molecule has 146 valence electrons. The Labute approximate surface area is 164 Å². The van der Waals surface area contributed by atoms with Crippen LogP contribution in [0, 0.1) is 0 Å². The van der Waals surface area contributed by atoms with Crippen LogP contribution in [0.25, 0.3) is 0 Å². The Bertz CT molecular complexity index is 700. The summed E-state index contributed by atoms with van der Waals surface area (Å²) in [5.41, 5.74) is 0.761. The highest BCUT2D eigenvalue weighted by Gasteiger charge is 2.46. The summed E-state index contributed by atoms with van der Waals surface area (Å²) in [6, 6.07) is 19.9. The molecule has 3 rings (SSSR count). The van der Waals surface area contributed by atoms with Gasteiger partial charge in [-0.3, -0.25) is 0 Å². The summed E-state index contributed by atoms with van der Waals surface area (Å²) in [4.78, 5) is 0. The molecule has 2 atom stereocenters. The van der Waals surface area contributed by atoms with E-state index in [9.17, 15) is 5.11 Å². The molecule has 27 heavy (non-hydrogen) atoms. The van der Waals surface area contributed by atoms with E-state index < -0.39 is 13.9 Å². The van der Waals surface area contributed by atoms with Gasteiger partial charge in [0, 0.05) is 12.6 Å². The van der Waals surface area contributed by atoms with Gasteiger partial charge in [0.15, 0.2) is 8.32 Å². The highest BCUT2D eigenvalue weighted by Crippen LogP contribution is 2.41. The van der Waals surface area contributed by atoms with Crippen LogP contribution in [0.15, 0.2) is 60.7 Å². The molecule has 0 amide bonds. The van der Waals surface area contributed by atoms with Gasteiger partial charge in [0.1, 0.15) is 5.60 Å². The minimum atomic E-state index is -1.84. The van der Waals surface area contributed by atoms with Crippen molar-refractivity contribution in [3.8, 4) is 0 Å². The Balaban J connectivity index is 1.88. The van der Waals surface area contributed by atoms with Crippen molar-refractivity contribution >= 4 is 8.32 Å². The zero-order valence-electron chi connectivity index (χ0n) is 17.2. The number of hydrogen-bond acceptors (Lipinski definition) is 3. The minimum absolute atomic E-state index is 0.0860. The van der Waals surface area contributed by atoms with E-state index in [1.54, 1.807) is 0 Å². The molecule has 0 unspecified atom stereocenters. The largest absolute Gasteiger partial charge is 0.413 e. The van der Waals surface area contributed by atoms with Gasteiger partial charge in [-0.2, -0.15) is 0 Å². The average Bonchev–Trinajstić information content (AvgIpc) is 3.10. The van der Waals surface area contributed by atoms with Crippen molar-refractivity contribution < 1.29 is 9.53 Å². The maximum atomic E-state index is 11.9. The number of aliphatic hydroxyl groups is 1. The molecule has 0 bridgehead atoms. The van der Waals surface area contributed by atoms with Gasteiger partial charge in [-0.25, -0.2) is 0 Å². The maximum Gasteiger partial charge on any atom is 0.192 e. The smallest absolute Gasteiger partial charge is 0.192 e. The monoisotopic (exact) mass is 383 g/mol. The summed E-state index contributed by atoms with van der Waals surface area (Å²) in [7, 11) is -1.84. The molecule has 2 aromatic carbocycles. The fraction of sp³-hybridized carbons (Fsp3) is 0.478. The molecule has 1 aliphatic rings. The number of hydrogen-bond donors (Lipinski definition) is 2. The van der Waals surface area contributed by atoms with Gasteiger partial charge in [0.2, 0.25) is 0 Å². The van der Waals surface area contributed by atoms with E-state index in [0.29, 0.717) is 0 Å². The lowest BCUT2D eigenvalue weighted by atomic mass is 9.79. The third kappa shape index (κ3) is 4.04. The van der Waals surface area contributed by atoms with E-state index in [1.165, 1.54) is 0 Å². The molecular formula is C23H33NO2Si. The fourth-order valence-electron chi connectivity index (χ4n) is 3.66. The zero-order valence-corrected chi connectivity index (χ0v) is 18.2. The highest BCUT2D eigenvalue weighted by molar-refractivity contribution is 6.74. The molecule has 0 radical (unpaired) electrons. The van der Waals surface area contributed by atoms with Crippen molar-refractivity contribution in [2.45, 2.75) is 63.1 Å². The Morgan fingerprint density at radius 3 is 1.85 bits per heavy atom. The lowest BCUT2D eigenvalue weighted by molar-refractivity contribution is 0.0400. The van der Waals surface area contributed by atoms with Gasteiger partial charge < -0.3 is 14.8 Å². The van der Waals surface area contributed by atoms with Crippen LogP contribution in [-0.2, 0) is 10.0 Å². The van der Waals surface area contributed by atoms with E-state index in [4.69, 9.17) is 4.43 Å². The normalized spacial score (nSPS) is 21.4. The fourth-order valence-corrected chi connectivity index (χ4v) is 5.02. The number of rotatable bonds is 5. The van der Waals surface area contributed by atoms with E-state index in [1.807, 2.05) is 60.7 Å². The topological polar surface area (TPSA) is 41.5 Å². The molecule has 1 fully saturated rings. The van der Waals surface area contributed by atoms with Crippen molar-refractivity contribution in [1.82, 2.24) is 5.32 Å². The summed E-state index contributed by atoms with van der Waals surface area (Å²) in [5.74, 6) is 0. The van der Waals surface area contributed by atoms with Crippen molar-refractivity contribution in [1.29, 1.82) is 0 Å². The molecule has 3 nitrogen and oxygen atoms in total. The van der Waals surface area contributed by atoms with Crippen molar-refractivity contribution in [2.75, 3.05) is 6.54 Å². The highest BCUT2D eigenvalue weighted by atomic mass is 28.4. The van der Waals surface area contributed by atoms with Gasteiger partial charge in [0.05, 0.1) is 6.10 Å². The number of benzene rings is 2. The van der Waals surface area contributed by atoms with Crippen LogP contribution in [0.3, 0.4) is 0 Å². The minimum Gasteiger partial charge on any atom is -0.413 e. The first-order valence-electron chi connectivity index (χ1n) is 9.89. The second-order valence-corrected chi connectivity index (χ2v) is 14.0. The van der Waals surface area contributed by atoms with Crippen molar-refractivity contribution in [3.05, 3.63) is 71.8 Å². The molecule has 4 heteroatoms. The second kappa shape index (κ2) is 7.51. The summed E-state index contributed by atoms with van der Waals surface area (Å²) in [6.45, 7) is 12.2. The third-order valence-corrected chi connectivity index (χ3v) is 10.8. The first kappa shape index (κ1) is 20.3. The predicted octanol–water partition coefficient (Wildman–Crippen LogP) is 4.67. The van der Waals surface area contributed by atoms with Crippen LogP contribution in [0.1, 0.15) is 38.3 Å². The summed E-state index contributed by atoms with van der Waals surface area (Å²) in [5, 5.41) is 15.7. The number of nitrogens with one attached hydrogen (secondary N) is 1. The first-order chi connectivity index (χ1) is 12.6. The van der Waals surface area contributed by atoms with E-state index in [2.05, 4.69) is 39.2 Å². The first-order valence-corrected chi connectivity index (χ1v) is 12.8. The van der Waals surface area contributed by atoms with Gasteiger partial charge in [0.25, 0.3) is 0 Å². The molecule has 1 heterocycles. The Kier molecular flexibility index (Phi) is 5.64. The molecule has 0 spiro atoms. The molecule has 2 N–H and O–H groups in total. The molecule has 2 aromatic rings. The van der Waals surface area contributed by atoms with E-state index in [-0.39, 0.29) is 17.2 Å². The van der Waals surface area contributed by atoms with Crippen LogP contribution in [-0.4, -0.2) is 32.1 Å². The Morgan fingerprint density at radius 1 is 0.926 bits per heavy atom. The molecule has 0 aliphatic carbocycles. The van der Waals surface area contributed by atoms with Crippen LogP contribution in [0.4, 0.5) is 0 Å². The maximum absolute atomic E-state index is 11.9. The summed E-state index contributed by atoms with van der Waals surface area (Å²) in [6.07, 6.45) is 0.933. The van der Waals surface area contributed by atoms with Crippen molar-refractivity contribution in [2.24, 2.45) is 0 Å².